The van der Waals surface area contributed by atoms with E-state index in [9.17, 15) is 5.11 Å². The van der Waals surface area contributed by atoms with Crippen molar-refractivity contribution in [1.29, 1.82) is 0 Å². The van der Waals surface area contributed by atoms with Crippen LogP contribution in [-0.2, 0) is 0 Å². The standard InChI is InChI=1S/C21H32O/c1-4-21(22)14-11-18-16-9-8-15-7-5-6-12-19(15,2)17(16)10-13-20(18,21)3/h1,15-18,22H,5-14H2,2-3H3/t15?,16-,17+,18+,19+,20+,21-/m1/s1. The molecule has 0 aliphatic heterocycles. The number of fused-ring (bicyclic) bond motifs is 5. The molecule has 1 N–H and O–H groups in total. The lowest BCUT2D eigenvalue weighted by Crippen LogP contribution is -2.55. The van der Waals surface area contributed by atoms with Crippen LogP contribution >= 0.6 is 0 Å². The van der Waals surface area contributed by atoms with Crippen molar-refractivity contribution in [3.63, 3.8) is 0 Å². The van der Waals surface area contributed by atoms with Gasteiger partial charge in [-0.05, 0) is 80.5 Å². The van der Waals surface area contributed by atoms with Gasteiger partial charge in [-0.15, -0.1) is 6.42 Å². The maximum Gasteiger partial charge on any atom is 0.130 e. The highest BCUT2D eigenvalue weighted by molar-refractivity contribution is 5.23. The normalized spacial score (nSPS) is 57.4. The number of aliphatic hydroxyl groups is 1. The van der Waals surface area contributed by atoms with Crippen molar-refractivity contribution < 1.29 is 5.11 Å². The highest BCUT2D eigenvalue weighted by atomic mass is 16.3. The summed E-state index contributed by atoms with van der Waals surface area (Å²) in [6.07, 6.45) is 18.8. The Morgan fingerprint density at radius 3 is 2.45 bits per heavy atom. The molecule has 7 atom stereocenters. The molecule has 0 saturated heterocycles. The first-order chi connectivity index (χ1) is 10.4. The molecule has 4 aliphatic carbocycles. The van der Waals surface area contributed by atoms with Crippen LogP contribution in [0.3, 0.4) is 0 Å². The molecule has 0 heterocycles. The fourth-order valence-electron chi connectivity index (χ4n) is 7.55. The molecule has 4 saturated carbocycles. The van der Waals surface area contributed by atoms with Crippen molar-refractivity contribution in [2.75, 3.05) is 0 Å². The van der Waals surface area contributed by atoms with E-state index in [2.05, 4.69) is 19.8 Å². The molecule has 122 valence electrons. The second-order valence-corrected chi connectivity index (χ2v) is 9.40. The van der Waals surface area contributed by atoms with Crippen molar-refractivity contribution in [3.05, 3.63) is 0 Å². The Labute approximate surface area is 136 Å². The quantitative estimate of drug-likeness (QED) is 0.638. The van der Waals surface area contributed by atoms with Crippen molar-refractivity contribution in [3.8, 4) is 12.3 Å². The summed E-state index contributed by atoms with van der Waals surface area (Å²) in [7, 11) is 0. The number of terminal acetylenes is 1. The van der Waals surface area contributed by atoms with E-state index in [1.54, 1.807) is 0 Å². The smallest absolute Gasteiger partial charge is 0.130 e. The van der Waals surface area contributed by atoms with Crippen LogP contribution < -0.4 is 0 Å². The van der Waals surface area contributed by atoms with Crippen LogP contribution in [0.5, 0.6) is 0 Å². The minimum Gasteiger partial charge on any atom is -0.377 e. The number of hydrogen-bond donors (Lipinski definition) is 1. The molecule has 1 unspecified atom stereocenters. The largest absolute Gasteiger partial charge is 0.377 e. The fraction of sp³-hybridized carbons (Fsp3) is 0.905. The van der Waals surface area contributed by atoms with Crippen molar-refractivity contribution in [2.24, 2.45) is 34.5 Å². The minimum absolute atomic E-state index is 0.0270. The monoisotopic (exact) mass is 300 g/mol. The van der Waals surface area contributed by atoms with Gasteiger partial charge in [0.1, 0.15) is 5.60 Å². The second kappa shape index (κ2) is 4.76. The van der Waals surface area contributed by atoms with Gasteiger partial charge in [-0.3, -0.25) is 0 Å². The Hall–Kier alpha value is -0.480. The van der Waals surface area contributed by atoms with Gasteiger partial charge in [-0.25, -0.2) is 0 Å². The van der Waals surface area contributed by atoms with Gasteiger partial charge in [0.15, 0.2) is 0 Å². The molecule has 0 amide bonds. The first kappa shape index (κ1) is 15.1. The highest BCUT2D eigenvalue weighted by Gasteiger charge is 2.63. The summed E-state index contributed by atoms with van der Waals surface area (Å²) in [4.78, 5) is 0. The van der Waals surface area contributed by atoms with Crippen molar-refractivity contribution in [1.82, 2.24) is 0 Å². The predicted molar refractivity (Wildman–Crippen MR) is 90.1 cm³/mol. The summed E-state index contributed by atoms with van der Waals surface area (Å²) >= 11 is 0. The number of rotatable bonds is 0. The first-order valence-electron chi connectivity index (χ1n) is 9.65. The second-order valence-electron chi connectivity index (χ2n) is 9.40. The third kappa shape index (κ3) is 1.71. The van der Waals surface area contributed by atoms with Crippen LogP contribution in [0.25, 0.3) is 0 Å². The van der Waals surface area contributed by atoms with Crippen LogP contribution in [0.1, 0.15) is 78.1 Å². The van der Waals surface area contributed by atoms with E-state index >= 15 is 0 Å². The van der Waals surface area contributed by atoms with Crippen molar-refractivity contribution in [2.45, 2.75) is 83.7 Å². The Morgan fingerprint density at radius 1 is 0.909 bits per heavy atom. The van der Waals surface area contributed by atoms with E-state index in [0.29, 0.717) is 11.3 Å². The van der Waals surface area contributed by atoms with Crippen LogP contribution in [0.4, 0.5) is 0 Å². The molecule has 22 heavy (non-hydrogen) atoms. The Kier molecular flexibility index (Phi) is 3.26. The zero-order valence-corrected chi connectivity index (χ0v) is 14.4. The Balaban J connectivity index is 1.67. The summed E-state index contributed by atoms with van der Waals surface area (Å²) in [6.45, 7) is 4.91. The van der Waals surface area contributed by atoms with Gasteiger partial charge in [-0.1, -0.05) is 32.6 Å². The zero-order valence-electron chi connectivity index (χ0n) is 14.4. The van der Waals surface area contributed by atoms with Crippen LogP contribution in [0.2, 0.25) is 0 Å². The average Bonchev–Trinajstić information content (AvgIpc) is 2.79. The maximum absolute atomic E-state index is 11.0. The first-order valence-corrected chi connectivity index (χ1v) is 9.65. The molecule has 4 aliphatic rings. The van der Waals surface area contributed by atoms with Gasteiger partial charge in [0.25, 0.3) is 0 Å². The lowest BCUT2D eigenvalue weighted by atomic mass is 9.44. The SMILES string of the molecule is C#C[C@@]1(O)CC[C@H]2[C@@H]3CCC4CCCC[C@]4(C)[C@H]3CC[C@@]21C. The van der Waals surface area contributed by atoms with Crippen LogP contribution in [0, 0.1) is 46.8 Å². The van der Waals surface area contributed by atoms with Crippen molar-refractivity contribution >= 4 is 0 Å². The molecule has 4 rings (SSSR count). The molecule has 0 aromatic carbocycles. The molecule has 1 nitrogen and oxygen atoms in total. The predicted octanol–water partition coefficient (Wildman–Crippen LogP) is 4.78. The topological polar surface area (TPSA) is 20.2 Å². The van der Waals surface area contributed by atoms with E-state index in [4.69, 9.17) is 6.42 Å². The summed E-state index contributed by atoms with van der Waals surface area (Å²) in [5.74, 6) is 6.14. The summed E-state index contributed by atoms with van der Waals surface area (Å²) in [6, 6.07) is 0. The summed E-state index contributed by atoms with van der Waals surface area (Å²) < 4.78 is 0. The number of hydrogen-bond acceptors (Lipinski definition) is 1. The zero-order chi connectivity index (χ0) is 15.6. The molecule has 0 aromatic rings. The lowest BCUT2D eigenvalue weighted by Gasteiger charge is -2.60. The molecular formula is C21H32O. The van der Waals surface area contributed by atoms with Crippen LogP contribution in [0.15, 0.2) is 0 Å². The van der Waals surface area contributed by atoms with Gasteiger partial charge in [-0.2, -0.15) is 0 Å². The van der Waals surface area contributed by atoms with Crippen LogP contribution in [-0.4, -0.2) is 10.7 Å². The lowest BCUT2D eigenvalue weighted by molar-refractivity contribution is -0.134. The van der Waals surface area contributed by atoms with Gasteiger partial charge in [0.2, 0.25) is 0 Å². The Bertz CT molecular complexity index is 505. The van der Waals surface area contributed by atoms with E-state index in [-0.39, 0.29) is 5.41 Å². The van der Waals surface area contributed by atoms with E-state index in [1.807, 2.05) is 0 Å². The maximum atomic E-state index is 11.0. The highest BCUT2D eigenvalue weighted by Crippen LogP contribution is 2.68. The average molecular weight is 300 g/mol. The fourth-order valence-corrected chi connectivity index (χ4v) is 7.55. The molecule has 0 bridgehead atoms. The molecular weight excluding hydrogens is 268 g/mol. The van der Waals surface area contributed by atoms with Gasteiger partial charge >= 0.3 is 0 Å². The molecule has 0 radical (unpaired) electrons. The van der Waals surface area contributed by atoms with Gasteiger partial charge in [0.05, 0.1) is 0 Å². The third-order valence-electron chi connectivity index (χ3n) is 8.97. The molecule has 4 fully saturated rings. The molecule has 0 aromatic heterocycles. The van der Waals surface area contributed by atoms with E-state index in [1.165, 1.54) is 44.9 Å². The molecule has 1 heteroatoms. The summed E-state index contributed by atoms with van der Waals surface area (Å²) in [5, 5.41) is 11.0. The van der Waals surface area contributed by atoms with E-state index in [0.717, 1.165) is 37.0 Å². The van der Waals surface area contributed by atoms with Gasteiger partial charge in [0, 0.05) is 5.41 Å². The van der Waals surface area contributed by atoms with Gasteiger partial charge < -0.3 is 5.11 Å². The minimum atomic E-state index is -0.840. The van der Waals surface area contributed by atoms with E-state index < -0.39 is 5.60 Å². The molecule has 0 spiro atoms. The third-order valence-corrected chi connectivity index (χ3v) is 8.97. The summed E-state index contributed by atoms with van der Waals surface area (Å²) in [5.41, 5.74) is -0.285. The Morgan fingerprint density at radius 2 is 1.68 bits per heavy atom.